The molecular formula is C9H16ClN3O. The largest absolute Gasteiger partial charge is 0.339 e. The first-order valence-corrected chi connectivity index (χ1v) is 4.93. The fourth-order valence-electron chi connectivity index (χ4n) is 1.64. The van der Waals surface area contributed by atoms with Gasteiger partial charge in [0.05, 0.1) is 5.92 Å². The Labute approximate surface area is 89.9 Å². The highest BCUT2D eigenvalue weighted by atomic mass is 35.5. The Hall–Kier alpha value is -0.610. The van der Waals surface area contributed by atoms with Crippen molar-refractivity contribution in [3.63, 3.8) is 0 Å². The van der Waals surface area contributed by atoms with Gasteiger partial charge in [0.2, 0.25) is 5.89 Å². The summed E-state index contributed by atoms with van der Waals surface area (Å²) >= 11 is 0. The summed E-state index contributed by atoms with van der Waals surface area (Å²) in [6.07, 6.45) is 3.22. The standard InChI is InChI=1S/C9H15N3O.ClH/c1-2-8-11-9(13-12-8)7-4-3-5-10-6-7;/h7,10H,2-6H2,1H3;1H. The molecule has 0 spiro atoms. The molecule has 0 aromatic carbocycles. The van der Waals surface area contributed by atoms with Gasteiger partial charge in [-0.3, -0.25) is 0 Å². The summed E-state index contributed by atoms with van der Waals surface area (Å²) in [7, 11) is 0. The summed E-state index contributed by atoms with van der Waals surface area (Å²) in [4.78, 5) is 4.33. The molecule has 1 aliphatic rings. The van der Waals surface area contributed by atoms with Crippen molar-refractivity contribution in [3.05, 3.63) is 11.7 Å². The van der Waals surface area contributed by atoms with Crippen LogP contribution < -0.4 is 5.32 Å². The van der Waals surface area contributed by atoms with Gasteiger partial charge in [-0.05, 0) is 19.4 Å². The smallest absolute Gasteiger partial charge is 0.231 e. The first kappa shape index (κ1) is 11.5. The van der Waals surface area contributed by atoms with Gasteiger partial charge < -0.3 is 9.84 Å². The third kappa shape index (κ3) is 2.45. The molecule has 14 heavy (non-hydrogen) atoms. The molecule has 0 saturated carbocycles. The third-order valence-electron chi connectivity index (χ3n) is 2.45. The zero-order valence-electron chi connectivity index (χ0n) is 8.32. The fourth-order valence-corrected chi connectivity index (χ4v) is 1.64. The SMILES string of the molecule is CCc1noc(C2CCCNC2)n1.Cl. The van der Waals surface area contributed by atoms with Gasteiger partial charge in [-0.25, -0.2) is 0 Å². The van der Waals surface area contributed by atoms with Crippen LogP contribution in [-0.4, -0.2) is 23.2 Å². The molecule has 1 aromatic heterocycles. The molecule has 0 aliphatic carbocycles. The minimum absolute atomic E-state index is 0. The van der Waals surface area contributed by atoms with Gasteiger partial charge >= 0.3 is 0 Å². The molecule has 0 amide bonds. The van der Waals surface area contributed by atoms with Crippen LogP contribution in [0.4, 0.5) is 0 Å². The molecule has 1 unspecified atom stereocenters. The van der Waals surface area contributed by atoms with Crippen molar-refractivity contribution < 1.29 is 4.52 Å². The Morgan fingerprint density at radius 1 is 1.57 bits per heavy atom. The van der Waals surface area contributed by atoms with Crippen molar-refractivity contribution in [2.24, 2.45) is 0 Å². The number of aryl methyl sites for hydroxylation is 1. The number of nitrogens with one attached hydrogen (secondary N) is 1. The highest BCUT2D eigenvalue weighted by Gasteiger charge is 2.20. The van der Waals surface area contributed by atoms with Gasteiger partial charge in [-0.1, -0.05) is 12.1 Å². The Kier molecular flexibility index (Phi) is 4.35. The molecule has 1 saturated heterocycles. The second-order valence-electron chi connectivity index (χ2n) is 3.45. The number of hydrogen-bond acceptors (Lipinski definition) is 4. The van der Waals surface area contributed by atoms with E-state index in [1.807, 2.05) is 6.92 Å². The van der Waals surface area contributed by atoms with E-state index in [0.717, 1.165) is 31.2 Å². The van der Waals surface area contributed by atoms with Crippen LogP contribution in [0.5, 0.6) is 0 Å². The van der Waals surface area contributed by atoms with Gasteiger partial charge in [0, 0.05) is 13.0 Å². The normalized spacial score (nSPS) is 21.6. The summed E-state index contributed by atoms with van der Waals surface area (Å²) in [5, 5.41) is 7.23. The van der Waals surface area contributed by atoms with Crippen LogP contribution in [0.1, 0.15) is 37.4 Å². The van der Waals surface area contributed by atoms with Crippen LogP contribution in [0.25, 0.3) is 0 Å². The second kappa shape index (κ2) is 5.32. The van der Waals surface area contributed by atoms with E-state index in [4.69, 9.17) is 4.52 Å². The molecule has 1 fully saturated rings. The van der Waals surface area contributed by atoms with E-state index in [1.165, 1.54) is 12.8 Å². The Morgan fingerprint density at radius 2 is 2.43 bits per heavy atom. The van der Waals surface area contributed by atoms with E-state index in [2.05, 4.69) is 15.5 Å². The molecule has 2 rings (SSSR count). The van der Waals surface area contributed by atoms with E-state index in [9.17, 15) is 0 Å². The van der Waals surface area contributed by atoms with Crippen molar-refractivity contribution in [1.29, 1.82) is 0 Å². The number of rotatable bonds is 2. The molecule has 2 heterocycles. The quantitative estimate of drug-likeness (QED) is 0.816. The van der Waals surface area contributed by atoms with E-state index < -0.39 is 0 Å². The maximum atomic E-state index is 5.19. The number of hydrogen-bond donors (Lipinski definition) is 1. The maximum absolute atomic E-state index is 5.19. The number of piperidine rings is 1. The summed E-state index contributed by atoms with van der Waals surface area (Å²) in [6, 6.07) is 0. The molecule has 1 aliphatic heterocycles. The molecule has 80 valence electrons. The van der Waals surface area contributed by atoms with Gasteiger partial charge in [-0.15, -0.1) is 12.4 Å². The monoisotopic (exact) mass is 217 g/mol. The van der Waals surface area contributed by atoms with Crippen LogP contribution in [0.15, 0.2) is 4.52 Å². The minimum atomic E-state index is 0. The number of nitrogens with zero attached hydrogens (tertiary/aromatic N) is 2. The van der Waals surface area contributed by atoms with E-state index >= 15 is 0 Å². The van der Waals surface area contributed by atoms with Crippen LogP contribution in [-0.2, 0) is 6.42 Å². The predicted octanol–water partition coefficient (Wildman–Crippen LogP) is 1.52. The van der Waals surface area contributed by atoms with Crippen LogP contribution in [0.3, 0.4) is 0 Å². The summed E-state index contributed by atoms with van der Waals surface area (Å²) in [5.74, 6) is 2.06. The summed E-state index contributed by atoms with van der Waals surface area (Å²) in [5.41, 5.74) is 0. The predicted molar refractivity (Wildman–Crippen MR) is 55.8 cm³/mol. The minimum Gasteiger partial charge on any atom is -0.339 e. The molecule has 4 nitrogen and oxygen atoms in total. The van der Waals surface area contributed by atoms with Crippen molar-refractivity contribution in [3.8, 4) is 0 Å². The number of aromatic nitrogens is 2. The average molecular weight is 218 g/mol. The van der Waals surface area contributed by atoms with Crippen LogP contribution in [0, 0.1) is 0 Å². The molecule has 5 heteroatoms. The highest BCUT2D eigenvalue weighted by Crippen LogP contribution is 2.21. The molecule has 1 atom stereocenters. The van der Waals surface area contributed by atoms with E-state index in [-0.39, 0.29) is 12.4 Å². The lowest BCUT2D eigenvalue weighted by Gasteiger charge is -2.18. The van der Waals surface area contributed by atoms with Gasteiger partial charge in [0.1, 0.15) is 0 Å². The Morgan fingerprint density at radius 3 is 3.00 bits per heavy atom. The van der Waals surface area contributed by atoms with E-state index in [1.54, 1.807) is 0 Å². The first-order valence-electron chi connectivity index (χ1n) is 4.93. The average Bonchev–Trinajstić information content (AvgIpc) is 2.67. The molecule has 0 bridgehead atoms. The maximum Gasteiger partial charge on any atom is 0.231 e. The first-order chi connectivity index (χ1) is 6.40. The summed E-state index contributed by atoms with van der Waals surface area (Å²) < 4.78 is 5.19. The molecular weight excluding hydrogens is 202 g/mol. The lowest BCUT2D eigenvalue weighted by atomic mass is 10.00. The van der Waals surface area contributed by atoms with Gasteiger partial charge in [0.15, 0.2) is 5.82 Å². The zero-order chi connectivity index (χ0) is 9.10. The second-order valence-corrected chi connectivity index (χ2v) is 3.45. The van der Waals surface area contributed by atoms with Gasteiger partial charge in [0.25, 0.3) is 0 Å². The number of halogens is 1. The molecule has 1 aromatic rings. The van der Waals surface area contributed by atoms with E-state index in [0.29, 0.717) is 5.92 Å². The summed E-state index contributed by atoms with van der Waals surface area (Å²) in [6.45, 7) is 4.13. The topological polar surface area (TPSA) is 51.0 Å². The fraction of sp³-hybridized carbons (Fsp3) is 0.778. The van der Waals surface area contributed by atoms with Crippen molar-refractivity contribution in [1.82, 2.24) is 15.5 Å². The van der Waals surface area contributed by atoms with Crippen LogP contribution in [0.2, 0.25) is 0 Å². The van der Waals surface area contributed by atoms with Crippen LogP contribution >= 0.6 is 12.4 Å². The lowest BCUT2D eigenvalue weighted by molar-refractivity contribution is 0.320. The third-order valence-corrected chi connectivity index (χ3v) is 2.45. The van der Waals surface area contributed by atoms with Gasteiger partial charge in [-0.2, -0.15) is 4.98 Å². The molecule has 1 N–H and O–H groups in total. The lowest BCUT2D eigenvalue weighted by Crippen LogP contribution is -2.28. The molecule has 0 radical (unpaired) electrons. The van der Waals surface area contributed by atoms with Crippen molar-refractivity contribution in [2.75, 3.05) is 13.1 Å². The van der Waals surface area contributed by atoms with Crippen molar-refractivity contribution >= 4 is 12.4 Å². The Balaban J connectivity index is 0.000000980. The Bertz CT molecular complexity index is 271. The zero-order valence-corrected chi connectivity index (χ0v) is 9.14. The highest BCUT2D eigenvalue weighted by molar-refractivity contribution is 5.85. The van der Waals surface area contributed by atoms with Crippen molar-refractivity contribution in [2.45, 2.75) is 32.1 Å².